The quantitative estimate of drug-likeness (QED) is 0.537. The van der Waals surface area contributed by atoms with Gasteiger partial charge in [-0.25, -0.2) is 0 Å². The van der Waals surface area contributed by atoms with Crippen LogP contribution in [0.5, 0.6) is 5.75 Å². The first kappa shape index (κ1) is 16.5. The molecule has 0 aliphatic carbocycles. The fraction of sp³-hybridized carbons (Fsp3) is 0.600. The molecule has 1 rings (SSSR count). The van der Waals surface area contributed by atoms with Gasteiger partial charge in [0.25, 0.3) is 0 Å². The fourth-order valence-electron chi connectivity index (χ4n) is 1.73. The third-order valence-electron chi connectivity index (χ3n) is 2.49. The molecule has 0 amide bonds. The van der Waals surface area contributed by atoms with E-state index in [1.165, 1.54) is 5.56 Å². The van der Waals surface area contributed by atoms with Gasteiger partial charge in [-0.2, -0.15) is 0 Å². The summed E-state index contributed by atoms with van der Waals surface area (Å²) in [6.45, 7) is 14.2. The smallest absolute Gasteiger partial charge is 0.242 e. The van der Waals surface area contributed by atoms with Gasteiger partial charge >= 0.3 is 0 Å². The van der Waals surface area contributed by atoms with E-state index in [4.69, 9.17) is 8.85 Å². The van der Waals surface area contributed by atoms with Crippen molar-refractivity contribution in [3.05, 3.63) is 29.8 Å². The predicted octanol–water partition coefficient (Wildman–Crippen LogP) is 4.68. The molecular formula is C15H28O2Si2. The van der Waals surface area contributed by atoms with E-state index in [-0.39, 0.29) is 0 Å². The third-order valence-corrected chi connectivity index (χ3v) is 4.41. The zero-order chi connectivity index (χ0) is 14.5. The minimum atomic E-state index is -1.48. The maximum Gasteiger partial charge on any atom is 0.242 e. The van der Waals surface area contributed by atoms with Crippen LogP contribution in [0, 0.1) is 0 Å². The first-order chi connectivity index (χ1) is 8.66. The van der Waals surface area contributed by atoms with Crippen molar-refractivity contribution >= 4 is 16.6 Å². The topological polar surface area (TPSA) is 18.5 Å². The van der Waals surface area contributed by atoms with Crippen LogP contribution in [0.25, 0.3) is 0 Å². The lowest BCUT2D eigenvalue weighted by atomic mass is 10.1. The lowest BCUT2D eigenvalue weighted by Crippen LogP contribution is -2.29. The number of hydrogen-bond donors (Lipinski definition) is 0. The largest absolute Gasteiger partial charge is 0.544 e. The molecule has 19 heavy (non-hydrogen) atoms. The van der Waals surface area contributed by atoms with Crippen LogP contribution in [0.4, 0.5) is 0 Å². The fourth-order valence-corrected chi connectivity index (χ4v) is 3.33. The van der Waals surface area contributed by atoms with Crippen molar-refractivity contribution in [3.8, 4) is 5.75 Å². The van der Waals surface area contributed by atoms with Crippen LogP contribution in [0.3, 0.4) is 0 Å². The summed E-state index contributed by atoms with van der Waals surface area (Å²) in [4.78, 5) is 0. The summed E-state index contributed by atoms with van der Waals surface area (Å²) in [6.07, 6.45) is 2.18. The van der Waals surface area contributed by atoms with Crippen LogP contribution in [-0.4, -0.2) is 23.2 Å². The summed E-state index contributed by atoms with van der Waals surface area (Å²) < 4.78 is 11.8. The maximum absolute atomic E-state index is 5.95. The highest BCUT2D eigenvalue weighted by Gasteiger charge is 2.16. The summed E-state index contributed by atoms with van der Waals surface area (Å²) in [5.41, 5.74) is 1.36. The molecule has 0 unspecified atom stereocenters. The number of aryl methyl sites for hydroxylation is 1. The zero-order valence-electron chi connectivity index (χ0n) is 13.2. The lowest BCUT2D eigenvalue weighted by Gasteiger charge is -2.19. The van der Waals surface area contributed by atoms with E-state index in [9.17, 15) is 0 Å². The molecule has 2 nitrogen and oxygen atoms in total. The van der Waals surface area contributed by atoms with Crippen molar-refractivity contribution in [2.45, 2.75) is 52.1 Å². The number of hydrogen-bond acceptors (Lipinski definition) is 2. The molecule has 0 aliphatic heterocycles. The van der Waals surface area contributed by atoms with Crippen molar-refractivity contribution in [2.24, 2.45) is 0 Å². The van der Waals surface area contributed by atoms with Gasteiger partial charge in [-0.3, -0.25) is 0 Å². The van der Waals surface area contributed by atoms with E-state index < -0.39 is 16.6 Å². The Hall–Kier alpha value is -0.586. The lowest BCUT2D eigenvalue weighted by molar-refractivity contribution is 0.305. The first-order valence-corrected chi connectivity index (χ1v) is 13.9. The highest BCUT2D eigenvalue weighted by molar-refractivity contribution is 6.70. The highest BCUT2D eigenvalue weighted by atomic mass is 28.4. The number of rotatable bonds is 7. The van der Waals surface area contributed by atoms with Crippen molar-refractivity contribution in [3.63, 3.8) is 0 Å². The van der Waals surface area contributed by atoms with Crippen molar-refractivity contribution < 1.29 is 8.85 Å². The van der Waals surface area contributed by atoms with Crippen molar-refractivity contribution in [2.75, 3.05) is 6.61 Å². The van der Waals surface area contributed by atoms with E-state index in [1.54, 1.807) is 0 Å². The molecule has 0 radical (unpaired) electrons. The van der Waals surface area contributed by atoms with Crippen LogP contribution < -0.4 is 4.43 Å². The Kier molecular flexibility index (Phi) is 5.83. The second kappa shape index (κ2) is 6.72. The van der Waals surface area contributed by atoms with Gasteiger partial charge in [0.15, 0.2) is 8.32 Å². The van der Waals surface area contributed by atoms with Crippen LogP contribution in [0.1, 0.15) is 12.0 Å². The summed E-state index contributed by atoms with van der Waals surface area (Å²) in [7, 11) is -2.83. The molecule has 0 heterocycles. The molecule has 1 aromatic carbocycles. The summed E-state index contributed by atoms with van der Waals surface area (Å²) in [6, 6.07) is 8.52. The molecule has 108 valence electrons. The average Bonchev–Trinajstić information content (AvgIpc) is 2.23. The standard InChI is InChI=1S/C15H28O2Si2/c1-18(2,3)16-13-7-8-14-9-11-15(12-10-14)17-19(4,5)6/h9-12H,7-8,13H2,1-6H3. The molecule has 0 saturated heterocycles. The summed E-state index contributed by atoms with van der Waals surface area (Å²) >= 11 is 0. The van der Waals surface area contributed by atoms with E-state index in [1.807, 2.05) is 0 Å². The Bertz CT molecular complexity index is 375. The molecule has 0 spiro atoms. The summed E-state index contributed by atoms with van der Waals surface area (Å²) in [5.74, 6) is 1.00. The minimum Gasteiger partial charge on any atom is -0.544 e. The van der Waals surface area contributed by atoms with Gasteiger partial charge in [-0.05, 0) is 69.8 Å². The van der Waals surface area contributed by atoms with Gasteiger partial charge in [0.2, 0.25) is 8.32 Å². The molecule has 0 N–H and O–H groups in total. The van der Waals surface area contributed by atoms with Gasteiger partial charge in [0.05, 0.1) is 0 Å². The average molecular weight is 297 g/mol. The second-order valence-electron chi connectivity index (χ2n) is 6.92. The Morgan fingerprint density at radius 1 is 0.842 bits per heavy atom. The first-order valence-electron chi connectivity index (χ1n) is 7.08. The normalized spacial score (nSPS) is 12.5. The second-order valence-corrected chi connectivity index (χ2v) is 15.9. The van der Waals surface area contributed by atoms with Gasteiger partial charge in [-0.15, -0.1) is 0 Å². The highest BCUT2D eigenvalue weighted by Crippen LogP contribution is 2.17. The molecule has 1 aromatic rings. The van der Waals surface area contributed by atoms with Gasteiger partial charge in [-0.1, -0.05) is 12.1 Å². The van der Waals surface area contributed by atoms with Crippen LogP contribution in [-0.2, 0) is 10.8 Å². The monoisotopic (exact) mass is 296 g/mol. The zero-order valence-corrected chi connectivity index (χ0v) is 15.2. The van der Waals surface area contributed by atoms with Crippen molar-refractivity contribution in [1.29, 1.82) is 0 Å². The van der Waals surface area contributed by atoms with Crippen LogP contribution >= 0.6 is 0 Å². The SMILES string of the molecule is C[Si](C)(C)OCCCc1ccc(O[Si](C)(C)C)cc1. The molecule has 0 aliphatic rings. The Morgan fingerprint density at radius 3 is 1.89 bits per heavy atom. The van der Waals surface area contributed by atoms with Gasteiger partial charge in [0, 0.05) is 6.61 Å². The molecule has 4 heteroatoms. The van der Waals surface area contributed by atoms with Gasteiger partial charge in [0.1, 0.15) is 5.75 Å². The third kappa shape index (κ3) is 8.24. The van der Waals surface area contributed by atoms with Crippen molar-refractivity contribution in [1.82, 2.24) is 0 Å². The van der Waals surface area contributed by atoms with Crippen LogP contribution in [0.2, 0.25) is 39.3 Å². The van der Waals surface area contributed by atoms with Crippen LogP contribution in [0.15, 0.2) is 24.3 Å². The number of benzene rings is 1. The molecule has 0 saturated carbocycles. The van der Waals surface area contributed by atoms with E-state index >= 15 is 0 Å². The Morgan fingerprint density at radius 2 is 1.42 bits per heavy atom. The van der Waals surface area contributed by atoms with E-state index in [0.29, 0.717) is 0 Å². The molecule has 0 bridgehead atoms. The van der Waals surface area contributed by atoms with Gasteiger partial charge < -0.3 is 8.85 Å². The van der Waals surface area contributed by atoms with E-state index in [2.05, 4.69) is 63.5 Å². The molecular weight excluding hydrogens is 268 g/mol. The molecule has 0 fully saturated rings. The maximum atomic E-state index is 5.95. The minimum absolute atomic E-state index is 0.878. The summed E-state index contributed by atoms with van der Waals surface area (Å²) in [5, 5.41) is 0. The predicted molar refractivity (Wildman–Crippen MR) is 88.0 cm³/mol. The molecule has 0 atom stereocenters. The van der Waals surface area contributed by atoms with E-state index in [0.717, 1.165) is 25.2 Å². The Balaban J connectivity index is 2.36. The molecule has 0 aromatic heterocycles. The Labute approximate surface area is 120 Å².